The molecule has 0 unspecified atom stereocenters. The average molecular weight is 438 g/mol. The lowest BCUT2D eigenvalue weighted by atomic mass is 9.97. The molecule has 1 amide bonds. The SMILES string of the molecule is COc1ccc(CN(C(=O)CCn2cnc3sc4c(c3c2=O)CCCC4)C2CC2)cc1. The molecule has 0 radical (unpaired) electrons. The second-order valence-electron chi connectivity index (χ2n) is 8.49. The quantitative estimate of drug-likeness (QED) is 0.562. The van der Waals surface area contributed by atoms with Crippen LogP contribution in [0.25, 0.3) is 10.2 Å². The summed E-state index contributed by atoms with van der Waals surface area (Å²) in [5.74, 6) is 0.906. The van der Waals surface area contributed by atoms with Crippen LogP contribution < -0.4 is 10.3 Å². The van der Waals surface area contributed by atoms with Crippen LogP contribution in [0, 0.1) is 0 Å². The molecule has 6 nitrogen and oxygen atoms in total. The number of hydrogen-bond donors (Lipinski definition) is 0. The zero-order valence-electron chi connectivity index (χ0n) is 17.8. The molecule has 1 saturated carbocycles. The lowest BCUT2D eigenvalue weighted by Gasteiger charge is -2.23. The van der Waals surface area contributed by atoms with E-state index in [1.807, 2.05) is 29.2 Å². The number of aryl methyl sites for hydroxylation is 3. The molecule has 2 aromatic heterocycles. The first-order valence-corrected chi connectivity index (χ1v) is 11.9. The predicted octanol–water partition coefficient (Wildman–Crippen LogP) is 3.93. The van der Waals surface area contributed by atoms with Crippen molar-refractivity contribution >= 4 is 27.5 Å². The van der Waals surface area contributed by atoms with Gasteiger partial charge in [-0.05, 0) is 61.8 Å². The molecule has 2 heterocycles. The number of nitrogens with zero attached hydrogens (tertiary/aromatic N) is 3. The molecular formula is C24H27N3O3S. The minimum Gasteiger partial charge on any atom is -0.497 e. The Morgan fingerprint density at radius 3 is 2.74 bits per heavy atom. The Morgan fingerprint density at radius 1 is 1.23 bits per heavy atom. The van der Waals surface area contributed by atoms with E-state index >= 15 is 0 Å². The van der Waals surface area contributed by atoms with Crippen LogP contribution in [-0.2, 0) is 30.7 Å². The molecule has 31 heavy (non-hydrogen) atoms. The third-order valence-electron chi connectivity index (χ3n) is 6.33. The summed E-state index contributed by atoms with van der Waals surface area (Å²) < 4.78 is 6.85. The Labute approximate surface area is 185 Å². The summed E-state index contributed by atoms with van der Waals surface area (Å²) in [5, 5.41) is 0.784. The van der Waals surface area contributed by atoms with Gasteiger partial charge in [-0.1, -0.05) is 12.1 Å². The van der Waals surface area contributed by atoms with Crippen molar-refractivity contribution in [3.8, 4) is 5.75 Å². The van der Waals surface area contributed by atoms with Gasteiger partial charge in [0.05, 0.1) is 18.8 Å². The molecule has 7 heteroatoms. The minimum atomic E-state index is 0.00493. The van der Waals surface area contributed by atoms with Gasteiger partial charge < -0.3 is 9.64 Å². The van der Waals surface area contributed by atoms with Gasteiger partial charge in [0, 0.05) is 30.4 Å². The van der Waals surface area contributed by atoms with E-state index in [1.54, 1.807) is 29.3 Å². The number of aromatic nitrogens is 2. The molecule has 162 valence electrons. The fourth-order valence-corrected chi connectivity index (χ4v) is 5.65. The smallest absolute Gasteiger partial charge is 0.262 e. The Hall–Kier alpha value is -2.67. The maximum absolute atomic E-state index is 13.1. The van der Waals surface area contributed by atoms with E-state index in [9.17, 15) is 9.59 Å². The summed E-state index contributed by atoms with van der Waals surface area (Å²) in [6, 6.07) is 8.17. The average Bonchev–Trinajstić information content (AvgIpc) is 3.56. The van der Waals surface area contributed by atoms with Crippen LogP contribution in [-0.4, -0.2) is 33.5 Å². The molecule has 2 aliphatic carbocycles. The largest absolute Gasteiger partial charge is 0.497 e. The van der Waals surface area contributed by atoms with Crippen LogP contribution >= 0.6 is 11.3 Å². The van der Waals surface area contributed by atoms with Crippen molar-refractivity contribution < 1.29 is 9.53 Å². The highest BCUT2D eigenvalue weighted by Gasteiger charge is 2.32. The topological polar surface area (TPSA) is 64.4 Å². The van der Waals surface area contributed by atoms with Gasteiger partial charge >= 0.3 is 0 Å². The highest BCUT2D eigenvalue weighted by molar-refractivity contribution is 7.18. The summed E-state index contributed by atoms with van der Waals surface area (Å²) in [7, 11) is 1.65. The van der Waals surface area contributed by atoms with Gasteiger partial charge in [-0.25, -0.2) is 4.98 Å². The Bertz CT molecular complexity index is 1160. The van der Waals surface area contributed by atoms with Crippen LogP contribution in [0.3, 0.4) is 0 Å². The summed E-state index contributed by atoms with van der Waals surface area (Å²) in [4.78, 5) is 34.9. The van der Waals surface area contributed by atoms with Crippen LogP contribution in [0.1, 0.15) is 48.1 Å². The molecule has 0 aliphatic heterocycles. The normalized spacial score (nSPS) is 15.6. The summed E-state index contributed by atoms with van der Waals surface area (Å²) in [6.07, 6.45) is 8.37. The zero-order valence-corrected chi connectivity index (χ0v) is 18.6. The van der Waals surface area contributed by atoms with Gasteiger partial charge in [0.15, 0.2) is 0 Å². The molecule has 1 aromatic carbocycles. The number of carbonyl (C=O) groups is 1. The number of hydrogen-bond acceptors (Lipinski definition) is 5. The molecule has 5 rings (SSSR count). The van der Waals surface area contributed by atoms with Crippen molar-refractivity contribution in [3.05, 3.63) is 57.0 Å². The predicted molar refractivity (Wildman–Crippen MR) is 122 cm³/mol. The van der Waals surface area contributed by atoms with Crippen LogP contribution in [0.4, 0.5) is 0 Å². The Morgan fingerprint density at radius 2 is 2.00 bits per heavy atom. The van der Waals surface area contributed by atoms with Gasteiger partial charge in [-0.2, -0.15) is 0 Å². The number of methoxy groups -OCH3 is 1. The number of carbonyl (C=O) groups excluding carboxylic acids is 1. The van der Waals surface area contributed by atoms with E-state index in [1.165, 1.54) is 16.9 Å². The van der Waals surface area contributed by atoms with Crippen molar-refractivity contribution in [3.63, 3.8) is 0 Å². The number of fused-ring (bicyclic) bond motifs is 3. The van der Waals surface area contributed by atoms with Gasteiger partial charge in [-0.3, -0.25) is 14.2 Å². The molecule has 1 fully saturated rings. The highest BCUT2D eigenvalue weighted by Crippen LogP contribution is 2.33. The van der Waals surface area contributed by atoms with E-state index < -0.39 is 0 Å². The fourth-order valence-electron chi connectivity index (χ4n) is 4.43. The molecule has 0 saturated heterocycles. The minimum absolute atomic E-state index is 0.00493. The van der Waals surface area contributed by atoms with Crippen molar-refractivity contribution in [2.24, 2.45) is 0 Å². The van der Waals surface area contributed by atoms with Gasteiger partial charge in [-0.15, -0.1) is 11.3 Å². The maximum atomic E-state index is 13.1. The third kappa shape index (κ3) is 4.11. The molecule has 2 aliphatic rings. The van der Waals surface area contributed by atoms with Crippen molar-refractivity contribution in [2.75, 3.05) is 7.11 Å². The fraction of sp³-hybridized carbons (Fsp3) is 0.458. The van der Waals surface area contributed by atoms with Crippen molar-refractivity contribution in [2.45, 2.75) is 64.1 Å². The van der Waals surface area contributed by atoms with Crippen LogP contribution in [0.15, 0.2) is 35.4 Å². The number of rotatable bonds is 7. The van der Waals surface area contributed by atoms with Crippen molar-refractivity contribution in [1.29, 1.82) is 0 Å². The van der Waals surface area contributed by atoms with E-state index in [0.717, 1.165) is 53.6 Å². The lowest BCUT2D eigenvalue weighted by Crippen LogP contribution is -2.34. The number of benzene rings is 1. The standard InChI is InChI=1S/C24H27N3O3S/c1-30-18-10-6-16(7-11-18)14-27(17-8-9-17)21(28)12-13-26-15-25-23-22(24(26)29)19-4-2-3-5-20(19)31-23/h6-7,10-11,15,17H,2-5,8-9,12-14H2,1H3. The first-order chi connectivity index (χ1) is 15.1. The van der Waals surface area contributed by atoms with Gasteiger partial charge in [0.2, 0.25) is 5.91 Å². The first-order valence-electron chi connectivity index (χ1n) is 11.1. The molecular weight excluding hydrogens is 410 g/mol. The molecule has 0 spiro atoms. The summed E-state index contributed by atoms with van der Waals surface area (Å²) in [6.45, 7) is 0.967. The zero-order chi connectivity index (χ0) is 21.4. The summed E-state index contributed by atoms with van der Waals surface area (Å²) >= 11 is 1.66. The van der Waals surface area contributed by atoms with Crippen LogP contribution in [0.2, 0.25) is 0 Å². The van der Waals surface area contributed by atoms with Gasteiger partial charge in [0.25, 0.3) is 5.56 Å². The highest BCUT2D eigenvalue weighted by atomic mass is 32.1. The Balaban J connectivity index is 1.31. The molecule has 3 aromatic rings. The van der Waals surface area contributed by atoms with E-state index in [4.69, 9.17) is 4.74 Å². The Kier molecular flexibility index (Phi) is 5.52. The molecule has 0 N–H and O–H groups in total. The lowest BCUT2D eigenvalue weighted by molar-refractivity contribution is -0.132. The summed E-state index contributed by atoms with van der Waals surface area (Å²) in [5.41, 5.74) is 2.29. The van der Waals surface area contributed by atoms with Gasteiger partial charge in [0.1, 0.15) is 10.6 Å². The van der Waals surface area contributed by atoms with E-state index in [-0.39, 0.29) is 11.5 Å². The van der Waals surface area contributed by atoms with Crippen LogP contribution in [0.5, 0.6) is 5.75 Å². The monoisotopic (exact) mass is 437 g/mol. The van der Waals surface area contributed by atoms with E-state index in [0.29, 0.717) is 25.6 Å². The number of ether oxygens (including phenoxy) is 1. The number of thiophene rings is 1. The number of amides is 1. The molecule has 0 bridgehead atoms. The second-order valence-corrected chi connectivity index (χ2v) is 9.57. The molecule has 0 atom stereocenters. The van der Waals surface area contributed by atoms with Crippen molar-refractivity contribution in [1.82, 2.24) is 14.5 Å². The first kappa shape index (κ1) is 20.2. The van der Waals surface area contributed by atoms with E-state index in [2.05, 4.69) is 4.98 Å². The maximum Gasteiger partial charge on any atom is 0.262 e. The second kappa shape index (κ2) is 8.46. The third-order valence-corrected chi connectivity index (χ3v) is 7.53.